The molecule has 0 heterocycles. The maximum Gasteiger partial charge on any atom is 0.0105 e. The lowest BCUT2D eigenvalue weighted by Gasteiger charge is -2.09. The monoisotopic (exact) mass is 153 g/mol. The SMILES string of the molecule is C=C/C(CC(C)C)=C(\C)NC. The molecular weight excluding hydrogens is 134 g/mol. The Labute approximate surface area is 70.2 Å². The van der Waals surface area contributed by atoms with Crippen molar-refractivity contribution < 1.29 is 0 Å². The Kier molecular flexibility index (Phi) is 4.67. The molecule has 0 aliphatic heterocycles. The second-order valence-electron chi connectivity index (χ2n) is 3.20. The molecule has 0 atom stereocenters. The van der Waals surface area contributed by atoms with Crippen molar-refractivity contribution >= 4 is 0 Å². The first-order valence-corrected chi connectivity index (χ1v) is 4.11. The zero-order valence-electron chi connectivity index (χ0n) is 8.07. The third kappa shape index (κ3) is 3.87. The molecule has 0 aromatic carbocycles. The van der Waals surface area contributed by atoms with E-state index in [2.05, 4.69) is 32.7 Å². The summed E-state index contributed by atoms with van der Waals surface area (Å²) in [5.74, 6) is 0.700. The van der Waals surface area contributed by atoms with Gasteiger partial charge >= 0.3 is 0 Å². The van der Waals surface area contributed by atoms with Gasteiger partial charge in [0.2, 0.25) is 0 Å². The molecule has 0 amide bonds. The van der Waals surface area contributed by atoms with Crippen molar-refractivity contribution in [3.63, 3.8) is 0 Å². The molecule has 1 heteroatoms. The van der Waals surface area contributed by atoms with Crippen LogP contribution in [0.15, 0.2) is 23.9 Å². The van der Waals surface area contributed by atoms with E-state index in [1.54, 1.807) is 0 Å². The number of allylic oxidation sites excluding steroid dienone is 3. The predicted octanol–water partition coefficient (Wildman–Crippen LogP) is 2.71. The first kappa shape index (κ1) is 10.3. The van der Waals surface area contributed by atoms with Gasteiger partial charge in [-0.3, -0.25) is 0 Å². The lowest BCUT2D eigenvalue weighted by molar-refractivity contribution is 0.643. The number of hydrogen-bond acceptors (Lipinski definition) is 1. The summed E-state index contributed by atoms with van der Waals surface area (Å²) in [5, 5.41) is 3.13. The fourth-order valence-electron chi connectivity index (χ4n) is 0.990. The number of rotatable bonds is 4. The lowest BCUT2D eigenvalue weighted by atomic mass is 10.0. The van der Waals surface area contributed by atoms with Crippen molar-refractivity contribution in [2.24, 2.45) is 5.92 Å². The van der Waals surface area contributed by atoms with E-state index < -0.39 is 0 Å². The lowest BCUT2D eigenvalue weighted by Crippen LogP contribution is -2.06. The van der Waals surface area contributed by atoms with Gasteiger partial charge in [-0.25, -0.2) is 0 Å². The van der Waals surface area contributed by atoms with E-state index in [-0.39, 0.29) is 0 Å². The topological polar surface area (TPSA) is 12.0 Å². The van der Waals surface area contributed by atoms with E-state index in [1.165, 1.54) is 11.3 Å². The van der Waals surface area contributed by atoms with Gasteiger partial charge in [-0.1, -0.05) is 26.5 Å². The maximum absolute atomic E-state index is 3.79. The van der Waals surface area contributed by atoms with Gasteiger partial charge in [0.15, 0.2) is 0 Å². The molecule has 0 radical (unpaired) electrons. The summed E-state index contributed by atoms with van der Waals surface area (Å²) in [7, 11) is 1.94. The van der Waals surface area contributed by atoms with Crippen molar-refractivity contribution in [1.82, 2.24) is 5.32 Å². The molecule has 11 heavy (non-hydrogen) atoms. The highest BCUT2D eigenvalue weighted by molar-refractivity contribution is 5.21. The van der Waals surface area contributed by atoms with Crippen molar-refractivity contribution in [3.05, 3.63) is 23.9 Å². The van der Waals surface area contributed by atoms with Gasteiger partial charge in [0, 0.05) is 12.7 Å². The summed E-state index contributed by atoms with van der Waals surface area (Å²) in [6.07, 6.45) is 3.04. The molecule has 0 aromatic heterocycles. The molecule has 1 N–H and O–H groups in total. The van der Waals surface area contributed by atoms with Crippen LogP contribution in [-0.4, -0.2) is 7.05 Å². The van der Waals surface area contributed by atoms with Crippen LogP contribution in [0.4, 0.5) is 0 Å². The molecule has 0 bridgehead atoms. The minimum Gasteiger partial charge on any atom is -0.391 e. The van der Waals surface area contributed by atoms with Crippen LogP contribution in [0.5, 0.6) is 0 Å². The van der Waals surface area contributed by atoms with Crippen molar-refractivity contribution in [3.8, 4) is 0 Å². The Bertz CT molecular complexity index is 154. The Morgan fingerprint density at radius 2 is 2.09 bits per heavy atom. The Morgan fingerprint density at radius 1 is 1.55 bits per heavy atom. The highest BCUT2D eigenvalue weighted by Crippen LogP contribution is 2.13. The van der Waals surface area contributed by atoms with Gasteiger partial charge < -0.3 is 5.32 Å². The molecular formula is C10H19N. The van der Waals surface area contributed by atoms with E-state index in [0.717, 1.165) is 6.42 Å². The molecule has 64 valence electrons. The van der Waals surface area contributed by atoms with Crippen LogP contribution in [0, 0.1) is 5.92 Å². The Hall–Kier alpha value is -0.720. The maximum atomic E-state index is 3.79. The molecule has 0 unspecified atom stereocenters. The van der Waals surface area contributed by atoms with E-state index in [1.807, 2.05) is 13.1 Å². The quantitative estimate of drug-likeness (QED) is 0.612. The molecule has 0 aliphatic carbocycles. The average molecular weight is 153 g/mol. The van der Waals surface area contributed by atoms with E-state index in [4.69, 9.17) is 0 Å². The van der Waals surface area contributed by atoms with E-state index in [9.17, 15) is 0 Å². The first-order valence-electron chi connectivity index (χ1n) is 4.11. The fraction of sp³-hybridized carbons (Fsp3) is 0.600. The summed E-state index contributed by atoms with van der Waals surface area (Å²) < 4.78 is 0. The van der Waals surface area contributed by atoms with Crippen molar-refractivity contribution in [2.75, 3.05) is 7.05 Å². The fourth-order valence-corrected chi connectivity index (χ4v) is 0.990. The van der Waals surface area contributed by atoms with Crippen LogP contribution in [0.3, 0.4) is 0 Å². The number of hydrogen-bond donors (Lipinski definition) is 1. The summed E-state index contributed by atoms with van der Waals surface area (Å²) >= 11 is 0. The molecule has 0 fully saturated rings. The first-order chi connectivity index (χ1) is 5.11. The minimum atomic E-state index is 0.700. The highest BCUT2D eigenvalue weighted by atomic mass is 14.8. The molecule has 0 saturated heterocycles. The third-order valence-electron chi connectivity index (χ3n) is 1.73. The van der Waals surface area contributed by atoms with Gasteiger partial charge in [-0.05, 0) is 24.8 Å². The van der Waals surface area contributed by atoms with Gasteiger partial charge in [0.05, 0.1) is 0 Å². The Morgan fingerprint density at radius 3 is 2.36 bits per heavy atom. The van der Waals surface area contributed by atoms with Crippen LogP contribution < -0.4 is 5.32 Å². The van der Waals surface area contributed by atoms with Crippen molar-refractivity contribution in [2.45, 2.75) is 27.2 Å². The molecule has 1 nitrogen and oxygen atoms in total. The van der Waals surface area contributed by atoms with E-state index in [0.29, 0.717) is 5.92 Å². The standard InChI is InChI=1S/C10H19N/c1-6-10(7-8(2)3)9(4)11-5/h6,8,11H,1,7H2,2-5H3/b10-9-. The van der Waals surface area contributed by atoms with Crippen LogP contribution in [0.2, 0.25) is 0 Å². The Balaban J connectivity index is 4.26. The smallest absolute Gasteiger partial charge is 0.0105 e. The summed E-state index contributed by atoms with van der Waals surface area (Å²) in [6.45, 7) is 10.3. The highest BCUT2D eigenvalue weighted by Gasteiger charge is 1.99. The summed E-state index contributed by atoms with van der Waals surface area (Å²) in [6, 6.07) is 0. The molecule has 0 aliphatic rings. The number of nitrogens with one attached hydrogen (secondary N) is 1. The van der Waals surface area contributed by atoms with Gasteiger partial charge in [0.1, 0.15) is 0 Å². The van der Waals surface area contributed by atoms with Gasteiger partial charge in [0.25, 0.3) is 0 Å². The van der Waals surface area contributed by atoms with Crippen LogP contribution >= 0.6 is 0 Å². The summed E-state index contributed by atoms with van der Waals surface area (Å²) in [5.41, 5.74) is 2.55. The predicted molar refractivity (Wildman–Crippen MR) is 51.4 cm³/mol. The normalized spacial score (nSPS) is 12.8. The molecule has 0 rings (SSSR count). The largest absolute Gasteiger partial charge is 0.391 e. The van der Waals surface area contributed by atoms with Crippen LogP contribution in [-0.2, 0) is 0 Å². The average Bonchev–Trinajstić information content (AvgIpc) is 1.98. The molecule has 0 saturated carbocycles. The summed E-state index contributed by atoms with van der Waals surface area (Å²) in [4.78, 5) is 0. The zero-order chi connectivity index (χ0) is 8.85. The second kappa shape index (κ2) is 5.00. The van der Waals surface area contributed by atoms with Gasteiger partial charge in [-0.15, -0.1) is 0 Å². The van der Waals surface area contributed by atoms with Crippen molar-refractivity contribution in [1.29, 1.82) is 0 Å². The molecule has 0 spiro atoms. The van der Waals surface area contributed by atoms with Crippen LogP contribution in [0.25, 0.3) is 0 Å². The second-order valence-corrected chi connectivity index (χ2v) is 3.20. The van der Waals surface area contributed by atoms with Gasteiger partial charge in [-0.2, -0.15) is 0 Å². The van der Waals surface area contributed by atoms with Crippen LogP contribution in [0.1, 0.15) is 27.2 Å². The minimum absolute atomic E-state index is 0.700. The van der Waals surface area contributed by atoms with E-state index >= 15 is 0 Å². The third-order valence-corrected chi connectivity index (χ3v) is 1.73. The molecule has 0 aromatic rings. The zero-order valence-corrected chi connectivity index (χ0v) is 8.07.